The molecule has 2 aliphatic rings. The van der Waals surface area contributed by atoms with E-state index in [0.717, 1.165) is 31.8 Å². The molecule has 0 spiro atoms. The minimum atomic E-state index is 0.235. The number of likely N-dealkylation sites (N-methyl/N-ethyl adjacent to an activating group) is 1. The Hall–Kier alpha value is -0.540. The quantitative estimate of drug-likeness (QED) is 0.801. The number of allylic oxidation sites excluding steroid dienone is 1. The summed E-state index contributed by atoms with van der Waals surface area (Å²) in [6.45, 7) is 3.97. The summed E-state index contributed by atoms with van der Waals surface area (Å²) in [5.41, 5.74) is 0. The van der Waals surface area contributed by atoms with Gasteiger partial charge in [-0.3, -0.25) is 0 Å². The smallest absolute Gasteiger partial charge is 0.112 e. The Bertz CT molecular complexity index is 284. The molecule has 3 nitrogen and oxygen atoms in total. The number of nitrogens with one attached hydrogen (secondary N) is 1. The van der Waals surface area contributed by atoms with Gasteiger partial charge in [0.15, 0.2) is 0 Å². The van der Waals surface area contributed by atoms with Gasteiger partial charge in [0.2, 0.25) is 0 Å². The number of hydrogen-bond acceptors (Lipinski definition) is 3. The van der Waals surface area contributed by atoms with Gasteiger partial charge in [-0.1, -0.05) is 26.2 Å². The first-order valence-electron chi connectivity index (χ1n) is 7.95. The van der Waals surface area contributed by atoms with Gasteiger partial charge < -0.3 is 14.8 Å². The third-order valence-corrected chi connectivity index (χ3v) is 4.41. The highest BCUT2D eigenvalue weighted by Gasteiger charge is 2.33. The monoisotopic (exact) mass is 267 g/mol. The molecule has 1 aliphatic carbocycles. The van der Waals surface area contributed by atoms with Crippen molar-refractivity contribution in [1.82, 2.24) is 5.32 Å². The first kappa shape index (κ1) is 14.9. The Labute approximate surface area is 117 Å². The fourth-order valence-corrected chi connectivity index (χ4v) is 3.46. The fourth-order valence-electron chi connectivity index (χ4n) is 3.46. The van der Waals surface area contributed by atoms with Gasteiger partial charge in [0, 0.05) is 7.11 Å². The fraction of sp³-hybridized carbons (Fsp3) is 0.875. The number of methoxy groups -OCH3 is 1. The molecule has 2 rings (SSSR count). The van der Waals surface area contributed by atoms with Crippen LogP contribution in [0.5, 0.6) is 0 Å². The van der Waals surface area contributed by atoms with Gasteiger partial charge in [0.25, 0.3) is 0 Å². The molecule has 0 bridgehead atoms. The Morgan fingerprint density at radius 1 is 1.32 bits per heavy atom. The molecule has 3 heteroatoms. The summed E-state index contributed by atoms with van der Waals surface area (Å²) in [7, 11) is 1.85. The number of rotatable bonds is 6. The minimum Gasteiger partial charge on any atom is -0.496 e. The average Bonchev–Trinajstić information content (AvgIpc) is 2.49. The minimum absolute atomic E-state index is 0.235. The van der Waals surface area contributed by atoms with Crippen molar-refractivity contribution in [1.29, 1.82) is 0 Å². The van der Waals surface area contributed by atoms with Crippen molar-refractivity contribution in [2.45, 2.75) is 64.0 Å². The Kier molecular flexibility index (Phi) is 6.18. The molecule has 0 radical (unpaired) electrons. The van der Waals surface area contributed by atoms with Crippen LogP contribution in [0.15, 0.2) is 11.8 Å². The molecule has 0 aromatic carbocycles. The van der Waals surface area contributed by atoms with Gasteiger partial charge in [0.1, 0.15) is 5.76 Å². The van der Waals surface area contributed by atoms with E-state index >= 15 is 0 Å². The molecule has 1 fully saturated rings. The van der Waals surface area contributed by atoms with E-state index in [9.17, 15) is 0 Å². The van der Waals surface area contributed by atoms with Crippen molar-refractivity contribution < 1.29 is 9.47 Å². The molecule has 0 saturated heterocycles. The Balaban J connectivity index is 2.07. The van der Waals surface area contributed by atoms with Crippen LogP contribution < -0.4 is 5.32 Å². The van der Waals surface area contributed by atoms with E-state index in [1.165, 1.54) is 32.1 Å². The summed E-state index contributed by atoms with van der Waals surface area (Å²) < 4.78 is 11.8. The molecule has 1 aliphatic heterocycles. The van der Waals surface area contributed by atoms with Crippen LogP contribution in [0.25, 0.3) is 0 Å². The normalized spacial score (nSPS) is 24.4. The van der Waals surface area contributed by atoms with Crippen LogP contribution in [0.3, 0.4) is 0 Å². The highest BCUT2D eigenvalue weighted by Crippen LogP contribution is 2.31. The lowest BCUT2D eigenvalue weighted by atomic mass is 9.81. The zero-order chi connectivity index (χ0) is 13.5. The van der Waals surface area contributed by atoms with Crippen LogP contribution >= 0.6 is 0 Å². The lowest BCUT2D eigenvalue weighted by molar-refractivity contribution is -0.000197. The van der Waals surface area contributed by atoms with E-state index < -0.39 is 0 Å². The van der Waals surface area contributed by atoms with Crippen molar-refractivity contribution >= 4 is 0 Å². The molecule has 2 atom stereocenters. The standard InChI is InChI=1S/C16H29NO2/c1-3-17-15(14-11-7-8-12-19-14)16(18-2)13-9-5-4-6-10-13/h11,13,15-17H,3-10,12H2,1-2H3. The van der Waals surface area contributed by atoms with Crippen molar-refractivity contribution in [2.75, 3.05) is 20.3 Å². The van der Waals surface area contributed by atoms with Crippen LogP contribution in [0.2, 0.25) is 0 Å². The molecule has 0 amide bonds. The highest BCUT2D eigenvalue weighted by atomic mass is 16.5. The lowest BCUT2D eigenvalue weighted by Crippen LogP contribution is -2.47. The van der Waals surface area contributed by atoms with E-state index in [1.807, 2.05) is 7.11 Å². The molecule has 1 N–H and O–H groups in total. The summed E-state index contributed by atoms with van der Waals surface area (Å²) >= 11 is 0. The Morgan fingerprint density at radius 2 is 2.11 bits per heavy atom. The van der Waals surface area contributed by atoms with Crippen molar-refractivity contribution in [3.05, 3.63) is 11.8 Å². The largest absolute Gasteiger partial charge is 0.496 e. The molecule has 0 aromatic rings. The molecule has 2 unspecified atom stereocenters. The Morgan fingerprint density at radius 3 is 2.68 bits per heavy atom. The number of ether oxygens (including phenoxy) is 2. The van der Waals surface area contributed by atoms with E-state index in [4.69, 9.17) is 9.47 Å². The van der Waals surface area contributed by atoms with Gasteiger partial charge in [-0.15, -0.1) is 0 Å². The van der Waals surface area contributed by atoms with Gasteiger partial charge >= 0.3 is 0 Å². The third-order valence-electron chi connectivity index (χ3n) is 4.41. The number of hydrogen-bond donors (Lipinski definition) is 1. The predicted molar refractivity (Wildman–Crippen MR) is 78.1 cm³/mol. The van der Waals surface area contributed by atoms with E-state index in [-0.39, 0.29) is 12.1 Å². The average molecular weight is 267 g/mol. The van der Waals surface area contributed by atoms with Gasteiger partial charge in [-0.2, -0.15) is 0 Å². The van der Waals surface area contributed by atoms with Gasteiger partial charge in [-0.05, 0) is 44.2 Å². The maximum atomic E-state index is 5.88. The highest BCUT2D eigenvalue weighted by molar-refractivity contribution is 5.09. The molecular formula is C16H29NO2. The first-order valence-corrected chi connectivity index (χ1v) is 7.95. The summed E-state index contributed by atoms with van der Waals surface area (Å²) in [6, 6.07) is 0.235. The second-order valence-electron chi connectivity index (χ2n) is 5.73. The summed E-state index contributed by atoms with van der Waals surface area (Å²) in [5, 5.41) is 3.58. The molecular weight excluding hydrogens is 238 g/mol. The van der Waals surface area contributed by atoms with E-state index in [0.29, 0.717) is 5.92 Å². The van der Waals surface area contributed by atoms with E-state index in [2.05, 4.69) is 18.3 Å². The second kappa shape index (κ2) is 7.91. The molecule has 19 heavy (non-hydrogen) atoms. The van der Waals surface area contributed by atoms with Crippen LogP contribution in [-0.2, 0) is 9.47 Å². The molecule has 1 saturated carbocycles. The zero-order valence-electron chi connectivity index (χ0n) is 12.5. The first-order chi connectivity index (χ1) is 9.36. The van der Waals surface area contributed by atoms with Crippen molar-refractivity contribution in [3.63, 3.8) is 0 Å². The van der Waals surface area contributed by atoms with Crippen LogP contribution in [0, 0.1) is 5.92 Å². The maximum absolute atomic E-state index is 5.88. The third kappa shape index (κ3) is 3.96. The molecule has 110 valence electrons. The van der Waals surface area contributed by atoms with Crippen molar-refractivity contribution in [2.24, 2.45) is 5.92 Å². The van der Waals surface area contributed by atoms with E-state index in [1.54, 1.807) is 0 Å². The second-order valence-corrected chi connectivity index (χ2v) is 5.73. The van der Waals surface area contributed by atoms with Crippen molar-refractivity contribution in [3.8, 4) is 0 Å². The lowest BCUT2D eigenvalue weighted by Gasteiger charge is -2.36. The van der Waals surface area contributed by atoms with Gasteiger partial charge in [-0.25, -0.2) is 0 Å². The maximum Gasteiger partial charge on any atom is 0.112 e. The molecule has 1 heterocycles. The van der Waals surface area contributed by atoms with Gasteiger partial charge in [0.05, 0.1) is 18.8 Å². The topological polar surface area (TPSA) is 30.5 Å². The summed E-state index contributed by atoms with van der Waals surface area (Å²) in [6.07, 6.45) is 11.5. The summed E-state index contributed by atoms with van der Waals surface area (Å²) in [5.74, 6) is 1.79. The SMILES string of the molecule is CCNC(C1=CCCCO1)C(OC)C1CCCCC1. The summed E-state index contributed by atoms with van der Waals surface area (Å²) in [4.78, 5) is 0. The van der Waals surface area contributed by atoms with Crippen LogP contribution in [0.1, 0.15) is 51.9 Å². The van der Waals surface area contributed by atoms with Crippen LogP contribution in [0.4, 0.5) is 0 Å². The predicted octanol–water partition coefficient (Wildman–Crippen LogP) is 3.25. The molecule has 0 aromatic heterocycles. The zero-order valence-corrected chi connectivity index (χ0v) is 12.5. The van der Waals surface area contributed by atoms with Crippen LogP contribution in [-0.4, -0.2) is 32.4 Å².